The van der Waals surface area contributed by atoms with E-state index in [4.69, 9.17) is 5.10 Å². The second kappa shape index (κ2) is 10.8. The Balaban J connectivity index is 1.75. The second-order valence-electron chi connectivity index (χ2n) is 9.93. The van der Waals surface area contributed by atoms with Crippen LogP contribution in [0.4, 0.5) is 14.6 Å². The molecule has 2 aromatic carbocycles. The largest absolute Gasteiger partial charge is 0.354 e. The van der Waals surface area contributed by atoms with Gasteiger partial charge in [0.25, 0.3) is 5.91 Å². The van der Waals surface area contributed by atoms with Gasteiger partial charge in [-0.1, -0.05) is 12.1 Å². The highest BCUT2D eigenvalue weighted by Crippen LogP contribution is 2.31. The summed E-state index contributed by atoms with van der Waals surface area (Å²) in [5.41, 5.74) is 2.64. The normalized spacial score (nSPS) is 14.6. The Morgan fingerprint density at radius 2 is 1.61 bits per heavy atom. The molecule has 1 aromatic heterocycles. The Kier molecular flexibility index (Phi) is 7.73. The van der Waals surface area contributed by atoms with Crippen molar-refractivity contribution in [2.45, 2.75) is 53.2 Å². The molecule has 6 nitrogen and oxygen atoms in total. The predicted octanol–water partition coefficient (Wildman–Crippen LogP) is 5.04. The van der Waals surface area contributed by atoms with Crippen molar-refractivity contribution in [2.75, 3.05) is 31.1 Å². The maximum atomic E-state index is 14.2. The molecule has 1 fully saturated rings. The van der Waals surface area contributed by atoms with E-state index in [0.29, 0.717) is 23.8 Å². The van der Waals surface area contributed by atoms with E-state index in [1.54, 1.807) is 27.8 Å². The molecule has 8 heteroatoms. The summed E-state index contributed by atoms with van der Waals surface area (Å²) in [4.78, 5) is 19.9. The summed E-state index contributed by atoms with van der Waals surface area (Å²) in [6, 6.07) is 12.5. The number of benzene rings is 2. The van der Waals surface area contributed by atoms with Gasteiger partial charge in [0, 0.05) is 49.4 Å². The first kappa shape index (κ1) is 25.8. The van der Waals surface area contributed by atoms with Gasteiger partial charge >= 0.3 is 0 Å². The number of halogens is 2. The molecule has 1 saturated heterocycles. The highest BCUT2D eigenvalue weighted by Gasteiger charge is 2.29. The number of carbonyl (C=O) groups is 1. The average molecular weight is 496 g/mol. The van der Waals surface area contributed by atoms with E-state index in [0.717, 1.165) is 43.3 Å². The molecule has 0 saturated carbocycles. The van der Waals surface area contributed by atoms with Crippen LogP contribution in [0, 0.1) is 18.6 Å². The minimum atomic E-state index is -0.441. The van der Waals surface area contributed by atoms with Crippen molar-refractivity contribution in [1.82, 2.24) is 19.6 Å². The van der Waals surface area contributed by atoms with Crippen LogP contribution in [0.25, 0.3) is 5.69 Å². The third-order valence-electron chi connectivity index (χ3n) is 6.84. The molecule has 1 aliphatic rings. The van der Waals surface area contributed by atoms with Crippen molar-refractivity contribution >= 4 is 11.7 Å². The Labute approximate surface area is 212 Å². The highest BCUT2D eigenvalue weighted by molar-refractivity contribution is 5.94. The minimum absolute atomic E-state index is 0.122. The lowest BCUT2D eigenvalue weighted by Crippen LogP contribution is -2.49. The number of carbonyl (C=O) groups excluding carboxylic acids is 1. The fourth-order valence-corrected chi connectivity index (χ4v) is 4.74. The van der Waals surface area contributed by atoms with Gasteiger partial charge in [-0.05, 0) is 71.0 Å². The van der Waals surface area contributed by atoms with Crippen LogP contribution < -0.4 is 4.90 Å². The molecule has 0 N–H and O–H groups in total. The van der Waals surface area contributed by atoms with Gasteiger partial charge in [-0.15, -0.1) is 0 Å². The maximum absolute atomic E-state index is 14.2. The fraction of sp³-hybridized carbons (Fsp3) is 0.429. The lowest BCUT2D eigenvalue weighted by Gasteiger charge is -2.39. The van der Waals surface area contributed by atoms with E-state index in [1.807, 2.05) is 26.8 Å². The maximum Gasteiger partial charge on any atom is 0.254 e. The molecular weight excluding hydrogens is 460 g/mol. The molecule has 0 aliphatic carbocycles. The molecule has 36 heavy (non-hydrogen) atoms. The van der Waals surface area contributed by atoms with Crippen molar-refractivity contribution in [2.24, 2.45) is 0 Å². The molecule has 0 spiro atoms. The number of hydrogen-bond acceptors (Lipinski definition) is 4. The van der Waals surface area contributed by atoms with E-state index in [9.17, 15) is 13.6 Å². The summed E-state index contributed by atoms with van der Waals surface area (Å²) < 4.78 is 29.8. The van der Waals surface area contributed by atoms with Gasteiger partial charge in [0.1, 0.15) is 17.5 Å². The van der Waals surface area contributed by atoms with Crippen LogP contribution in [0.2, 0.25) is 0 Å². The van der Waals surface area contributed by atoms with Crippen LogP contribution in [0.15, 0.2) is 48.5 Å². The van der Waals surface area contributed by atoms with Gasteiger partial charge in [-0.3, -0.25) is 9.69 Å². The van der Waals surface area contributed by atoms with Crippen LogP contribution in [0.1, 0.15) is 49.3 Å². The number of nitrogens with zero attached hydrogens (tertiary/aromatic N) is 5. The number of rotatable bonds is 7. The first-order chi connectivity index (χ1) is 17.2. The SMILES string of the molecule is Cc1nn(-c2cccc(F)c2)c(N2CCN(C(C)C)CC2)c1CN(C(=O)c1cccc(F)c1)C(C)C. The van der Waals surface area contributed by atoms with Crippen molar-refractivity contribution in [1.29, 1.82) is 0 Å². The monoisotopic (exact) mass is 495 g/mol. The lowest BCUT2D eigenvalue weighted by atomic mass is 10.1. The van der Waals surface area contributed by atoms with Gasteiger partial charge in [-0.2, -0.15) is 5.10 Å². The summed E-state index contributed by atoms with van der Waals surface area (Å²) in [5, 5.41) is 4.81. The molecule has 0 bridgehead atoms. The van der Waals surface area contributed by atoms with Crippen LogP contribution in [0.3, 0.4) is 0 Å². The van der Waals surface area contributed by atoms with Crippen molar-refractivity contribution < 1.29 is 13.6 Å². The molecule has 2 heterocycles. The zero-order chi connectivity index (χ0) is 26.0. The van der Waals surface area contributed by atoms with Crippen LogP contribution in [-0.4, -0.2) is 63.8 Å². The fourth-order valence-electron chi connectivity index (χ4n) is 4.74. The molecule has 3 aromatic rings. The molecule has 192 valence electrons. The Bertz CT molecular complexity index is 1210. The van der Waals surface area contributed by atoms with Gasteiger partial charge in [0.2, 0.25) is 0 Å². The first-order valence-corrected chi connectivity index (χ1v) is 12.6. The number of piperazine rings is 1. The summed E-state index contributed by atoms with van der Waals surface area (Å²) in [6.45, 7) is 13.9. The quantitative estimate of drug-likeness (QED) is 0.461. The first-order valence-electron chi connectivity index (χ1n) is 12.6. The number of hydrogen-bond donors (Lipinski definition) is 0. The van der Waals surface area contributed by atoms with E-state index in [2.05, 4.69) is 23.6 Å². The summed E-state index contributed by atoms with van der Waals surface area (Å²) in [5.74, 6) is -0.136. The second-order valence-corrected chi connectivity index (χ2v) is 9.93. The Hall–Kier alpha value is -3.26. The topological polar surface area (TPSA) is 44.6 Å². The third kappa shape index (κ3) is 5.43. The zero-order valence-corrected chi connectivity index (χ0v) is 21.7. The van der Waals surface area contributed by atoms with Gasteiger partial charge < -0.3 is 9.80 Å². The van der Waals surface area contributed by atoms with Gasteiger partial charge in [0.15, 0.2) is 0 Å². The Morgan fingerprint density at radius 3 is 2.19 bits per heavy atom. The molecule has 4 rings (SSSR count). The minimum Gasteiger partial charge on any atom is -0.354 e. The number of aryl methyl sites for hydroxylation is 1. The zero-order valence-electron chi connectivity index (χ0n) is 21.7. The molecule has 0 unspecified atom stereocenters. The number of aromatic nitrogens is 2. The summed E-state index contributed by atoms with van der Waals surface area (Å²) in [7, 11) is 0. The molecule has 0 radical (unpaired) electrons. The standard InChI is InChI=1S/C28H35F2N5O/c1-19(2)32-12-14-33(15-13-32)27-26(21(5)31-35(27)25-11-7-10-24(30)17-25)18-34(20(3)4)28(36)22-8-6-9-23(29)16-22/h6-11,16-17,19-20H,12-15,18H2,1-5H3. The Morgan fingerprint density at radius 1 is 0.972 bits per heavy atom. The summed E-state index contributed by atoms with van der Waals surface area (Å²) in [6.07, 6.45) is 0. The van der Waals surface area contributed by atoms with E-state index in [1.165, 1.54) is 24.3 Å². The van der Waals surface area contributed by atoms with Crippen LogP contribution >= 0.6 is 0 Å². The molecule has 1 aliphatic heterocycles. The van der Waals surface area contributed by atoms with E-state index < -0.39 is 5.82 Å². The van der Waals surface area contributed by atoms with Crippen molar-refractivity contribution in [3.8, 4) is 5.69 Å². The van der Waals surface area contributed by atoms with Crippen molar-refractivity contribution in [3.63, 3.8) is 0 Å². The average Bonchev–Trinajstić information content (AvgIpc) is 3.17. The smallest absolute Gasteiger partial charge is 0.254 e. The van der Waals surface area contributed by atoms with E-state index in [-0.39, 0.29) is 17.8 Å². The van der Waals surface area contributed by atoms with Crippen LogP contribution in [-0.2, 0) is 6.54 Å². The van der Waals surface area contributed by atoms with E-state index >= 15 is 0 Å². The lowest BCUT2D eigenvalue weighted by molar-refractivity contribution is 0.0689. The van der Waals surface area contributed by atoms with Gasteiger partial charge in [-0.25, -0.2) is 13.5 Å². The molecule has 0 atom stereocenters. The number of amides is 1. The van der Waals surface area contributed by atoms with Gasteiger partial charge in [0.05, 0.1) is 17.9 Å². The third-order valence-corrected chi connectivity index (χ3v) is 6.84. The van der Waals surface area contributed by atoms with Crippen LogP contribution in [0.5, 0.6) is 0 Å². The van der Waals surface area contributed by atoms with Crippen molar-refractivity contribution in [3.05, 3.63) is 77.0 Å². The molecule has 1 amide bonds. The molecular formula is C28H35F2N5O. The number of anilines is 1. The summed E-state index contributed by atoms with van der Waals surface area (Å²) >= 11 is 0. The predicted molar refractivity (Wildman–Crippen MR) is 139 cm³/mol. The highest BCUT2D eigenvalue weighted by atomic mass is 19.1.